The first-order chi connectivity index (χ1) is 3.39. The molecule has 40 valence electrons. The Bertz CT molecular complexity index is 111. The molecule has 0 saturated heterocycles. The predicted molar refractivity (Wildman–Crippen MR) is 38.2 cm³/mol. The van der Waals surface area contributed by atoms with Gasteiger partial charge in [0.1, 0.15) is 0 Å². The molecule has 0 aromatic heterocycles. The minimum atomic E-state index is 0.598. The summed E-state index contributed by atoms with van der Waals surface area (Å²) in [5.74, 6) is 1.37. The van der Waals surface area contributed by atoms with E-state index >= 15 is 0 Å². The van der Waals surface area contributed by atoms with Crippen LogP contribution in [0.25, 0.3) is 0 Å². The zero-order valence-electron chi connectivity index (χ0n) is 4.55. The first-order valence-electron chi connectivity index (χ1n) is 2.51. The molecule has 1 heterocycles. The van der Waals surface area contributed by atoms with Crippen molar-refractivity contribution in [2.45, 2.75) is 6.42 Å². The van der Waals surface area contributed by atoms with Gasteiger partial charge in [-0.3, -0.25) is 0 Å². The molecule has 0 N–H and O–H groups in total. The zero-order valence-corrected chi connectivity index (χ0v) is 5.37. The smallest absolute Gasteiger partial charge is 0.00850 e. The van der Waals surface area contributed by atoms with E-state index < -0.39 is 0 Å². The van der Waals surface area contributed by atoms with E-state index in [0.717, 1.165) is 0 Å². The highest BCUT2D eigenvalue weighted by Crippen LogP contribution is 2.10. The highest BCUT2D eigenvalue weighted by molar-refractivity contribution is 8.14. The molecule has 1 atom stereocenters. The van der Waals surface area contributed by atoms with Crippen LogP contribution in [0.2, 0.25) is 0 Å². The molecule has 1 heteroatoms. The van der Waals surface area contributed by atoms with Gasteiger partial charge in [0, 0.05) is 0 Å². The van der Waals surface area contributed by atoms with Gasteiger partial charge in [-0.1, -0.05) is 12.2 Å². The SMILES string of the molecule is CS1=CC=CCC1. The van der Waals surface area contributed by atoms with Crippen molar-refractivity contribution in [3.8, 4) is 0 Å². The molecule has 0 bridgehead atoms. The van der Waals surface area contributed by atoms with Crippen molar-refractivity contribution in [2.24, 2.45) is 0 Å². The van der Waals surface area contributed by atoms with Gasteiger partial charge in [-0.25, -0.2) is 0 Å². The predicted octanol–water partition coefficient (Wildman–Crippen LogP) is 1.65. The lowest BCUT2D eigenvalue weighted by molar-refractivity contribution is 1.25. The van der Waals surface area contributed by atoms with E-state index in [1.807, 2.05) is 0 Å². The lowest BCUT2D eigenvalue weighted by Gasteiger charge is -2.00. The molecular weight excluding hydrogens is 104 g/mol. The van der Waals surface area contributed by atoms with Crippen molar-refractivity contribution in [3.05, 3.63) is 12.2 Å². The summed E-state index contributed by atoms with van der Waals surface area (Å²) in [5.41, 5.74) is 0. The maximum atomic E-state index is 2.28. The van der Waals surface area contributed by atoms with E-state index in [2.05, 4.69) is 23.8 Å². The van der Waals surface area contributed by atoms with Crippen molar-refractivity contribution >= 4 is 15.9 Å². The normalized spacial score (nSPS) is 29.6. The summed E-state index contributed by atoms with van der Waals surface area (Å²) < 4.78 is 0. The fourth-order valence-electron chi connectivity index (χ4n) is 0.608. The third-order valence-corrected chi connectivity index (χ3v) is 2.55. The van der Waals surface area contributed by atoms with E-state index in [-0.39, 0.29) is 0 Å². The largest absolute Gasteiger partial charge is 0.189 e. The van der Waals surface area contributed by atoms with Crippen molar-refractivity contribution in [1.82, 2.24) is 0 Å². The van der Waals surface area contributed by atoms with Gasteiger partial charge >= 0.3 is 0 Å². The van der Waals surface area contributed by atoms with Crippen LogP contribution < -0.4 is 0 Å². The number of hydrogen-bond donors (Lipinski definition) is 0. The Morgan fingerprint density at radius 3 is 2.71 bits per heavy atom. The first-order valence-corrected chi connectivity index (χ1v) is 4.37. The Kier molecular flexibility index (Phi) is 1.69. The van der Waals surface area contributed by atoms with Crippen LogP contribution >= 0.6 is 10.5 Å². The molecule has 7 heavy (non-hydrogen) atoms. The van der Waals surface area contributed by atoms with Gasteiger partial charge in [0.2, 0.25) is 0 Å². The van der Waals surface area contributed by atoms with Gasteiger partial charge in [-0.15, -0.1) is 0 Å². The van der Waals surface area contributed by atoms with E-state index in [4.69, 9.17) is 0 Å². The number of hydrogen-bond acceptors (Lipinski definition) is 0. The van der Waals surface area contributed by atoms with Gasteiger partial charge in [0.05, 0.1) is 0 Å². The van der Waals surface area contributed by atoms with Crippen LogP contribution in [-0.2, 0) is 0 Å². The minimum absolute atomic E-state index is 0.598. The summed E-state index contributed by atoms with van der Waals surface area (Å²) in [6.45, 7) is 0. The number of allylic oxidation sites excluding steroid dienone is 2. The Labute approximate surface area is 47.2 Å². The lowest BCUT2D eigenvalue weighted by Crippen LogP contribution is -1.84. The first kappa shape index (κ1) is 5.10. The van der Waals surface area contributed by atoms with Gasteiger partial charge in [-0.05, 0) is 23.8 Å². The zero-order chi connectivity index (χ0) is 5.11. The maximum Gasteiger partial charge on any atom is -0.00850 e. The maximum absolute atomic E-state index is 2.28. The van der Waals surface area contributed by atoms with Gasteiger partial charge in [-0.2, -0.15) is 10.5 Å². The summed E-state index contributed by atoms with van der Waals surface area (Å²) in [4.78, 5) is 0. The Morgan fingerprint density at radius 2 is 2.43 bits per heavy atom. The summed E-state index contributed by atoms with van der Waals surface area (Å²) in [5, 5.41) is 2.28. The van der Waals surface area contributed by atoms with E-state index in [0.29, 0.717) is 10.5 Å². The molecule has 0 aromatic rings. The second kappa shape index (κ2) is 2.31. The molecular formula is C6H10S. The molecule has 1 aliphatic rings. The lowest BCUT2D eigenvalue weighted by atomic mass is 10.4. The Morgan fingerprint density at radius 1 is 1.57 bits per heavy atom. The van der Waals surface area contributed by atoms with Gasteiger partial charge in [0.15, 0.2) is 0 Å². The van der Waals surface area contributed by atoms with Crippen LogP contribution in [-0.4, -0.2) is 17.4 Å². The van der Waals surface area contributed by atoms with Crippen LogP contribution in [0.4, 0.5) is 0 Å². The quantitative estimate of drug-likeness (QED) is 0.420. The highest BCUT2D eigenvalue weighted by atomic mass is 32.2. The standard InChI is InChI=1S/C6H10S/c1-7-5-3-2-4-6-7/h2-3,5H,4,6H2,1H3. The molecule has 0 aliphatic carbocycles. The minimum Gasteiger partial charge on any atom is -0.189 e. The molecule has 0 saturated carbocycles. The second-order valence-electron chi connectivity index (χ2n) is 1.75. The molecule has 0 nitrogen and oxygen atoms in total. The molecule has 0 aromatic carbocycles. The van der Waals surface area contributed by atoms with Crippen LogP contribution in [0.5, 0.6) is 0 Å². The summed E-state index contributed by atoms with van der Waals surface area (Å²) in [7, 11) is 0.598. The molecule has 0 fully saturated rings. The molecule has 0 spiro atoms. The topological polar surface area (TPSA) is 0 Å². The van der Waals surface area contributed by atoms with Crippen LogP contribution in [0, 0.1) is 0 Å². The average molecular weight is 114 g/mol. The van der Waals surface area contributed by atoms with E-state index in [1.165, 1.54) is 12.2 Å². The third kappa shape index (κ3) is 1.48. The molecule has 1 aliphatic heterocycles. The van der Waals surface area contributed by atoms with Crippen molar-refractivity contribution in [3.63, 3.8) is 0 Å². The molecule has 1 rings (SSSR count). The Balaban J connectivity index is 2.57. The van der Waals surface area contributed by atoms with Crippen molar-refractivity contribution in [2.75, 3.05) is 12.0 Å². The number of rotatable bonds is 0. The second-order valence-corrected chi connectivity index (χ2v) is 3.81. The summed E-state index contributed by atoms with van der Waals surface area (Å²) in [6.07, 6.45) is 7.97. The fourth-order valence-corrected chi connectivity index (χ4v) is 1.63. The highest BCUT2D eigenvalue weighted by Gasteiger charge is 1.86. The van der Waals surface area contributed by atoms with Crippen LogP contribution in [0.1, 0.15) is 6.42 Å². The fraction of sp³-hybridized carbons (Fsp3) is 0.500. The van der Waals surface area contributed by atoms with Crippen molar-refractivity contribution < 1.29 is 0 Å². The summed E-state index contributed by atoms with van der Waals surface area (Å²) >= 11 is 0. The van der Waals surface area contributed by atoms with Crippen LogP contribution in [0.3, 0.4) is 0 Å². The van der Waals surface area contributed by atoms with Gasteiger partial charge < -0.3 is 0 Å². The summed E-state index contributed by atoms with van der Waals surface area (Å²) in [6, 6.07) is 0. The monoisotopic (exact) mass is 114 g/mol. The van der Waals surface area contributed by atoms with E-state index in [9.17, 15) is 0 Å². The molecule has 0 amide bonds. The van der Waals surface area contributed by atoms with Crippen LogP contribution in [0.15, 0.2) is 12.2 Å². The third-order valence-electron chi connectivity index (χ3n) is 1.05. The molecule has 0 radical (unpaired) electrons. The van der Waals surface area contributed by atoms with Crippen molar-refractivity contribution in [1.29, 1.82) is 0 Å². The Hall–Kier alpha value is -0.0400. The average Bonchev–Trinajstić information content (AvgIpc) is 1.69. The molecule has 1 unspecified atom stereocenters. The van der Waals surface area contributed by atoms with Gasteiger partial charge in [0.25, 0.3) is 0 Å². The van der Waals surface area contributed by atoms with E-state index in [1.54, 1.807) is 0 Å².